The number of benzene rings is 1. The Bertz CT molecular complexity index is 919. The van der Waals surface area contributed by atoms with Crippen LogP contribution in [0.15, 0.2) is 41.8 Å². The third-order valence-corrected chi connectivity index (χ3v) is 5.84. The lowest BCUT2D eigenvalue weighted by atomic mass is 10.2. The van der Waals surface area contributed by atoms with E-state index >= 15 is 0 Å². The van der Waals surface area contributed by atoms with Crippen LogP contribution in [0.2, 0.25) is 10.2 Å². The Morgan fingerprint density at radius 1 is 1.31 bits per heavy atom. The fourth-order valence-electron chi connectivity index (χ4n) is 2.52. The Kier molecular flexibility index (Phi) is 5.87. The molecule has 4 nitrogen and oxygen atoms in total. The molecular formula is C18H15Cl2N3OS2. The standard InChI is InChI=1S/C18H15Cl2N3OS2/c1-3-8-22-17(24)15(26-18(22)25)9-14-11(2)21-23(16(14)20)10-12-4-6-13(19)7-5-12/h3-7,9H,1,8,10H2,2H3/b15-9-. The molecule has 1 saturated heterocycles. The van der Waals surface area contributed by atoms with Gasteiger partial charge in [0.25, 0.3) is 5.91 Å². The SMILES string of the molecule is C=CCN1C(=O)/C(=C/c2c(C)nn(Cc3ccc(Cl)cc3)c2Cl)SC1=S. The van der Waals surface area contributed by atoms with Crippen LogP contribution in [0.25, 0.3) is 6.08 Å². The predicted molar refractivity (Wildman–Crippen MR) is 113 cm³/mol. The summed E-state index contributed by atoms with van der Waals surface area (Å²) < 4.78 is 2.22. The van der Waals surface area contributed by atoms with E-state index in [2.05, 4.69) is 11.7 Å². The van der Waals surface area contributed by atoms with Crippen molar-refractivity contribution in [3.05, 3.63) is 68.8 Å². The maximum Gasteiger partial charge on any atom is 0.266 e. The van der Waals surface area contributed by atoms with Gasteiger partial charge in [0.05, 0.1) is 17.1 Å². The summed E-state index contributed by atoms with van der Waals surface area (Å²) in [5.41, 5.74) is 2.50. The van der Waals surface area contributed by atoms with E-state index in [0.717, 1.165) is 16.8 Å². The molecule has 134 valence electrons. The van der Waals surface area contributed by atoms with Crippen LogP contribution in [0.5, 0.6) is 0 Å². The van der Waals surface area contributed by atoms with E-state index in [1.807, 2.05) is 31.2 Å². The van der Waals surface area contributed by atoms with Gasteiger partial charge in [-0.3, -0.25) is 9.69 Å². The Labute approximate surface area is 171 Å². The van der Waals surface area contributed by atoms with Gasteiger partial charge < -0.3 is 0 Å². The third kappa shape index (κ3) is 3.88. The van der Waals surface area contributed by atoms with Gasteiger partial charge in [-0.1, -0.05) is 65.4 Å². The molecule has 1 aromatic heterocycles. The van der Waals surface area contributed by atoms with Crippen LogP contribution in [0.3, 0.4) is 0 Å². The molecule has 1 aromatic carbocycles. The summed E-state index contributed by atoms with van der Waals surface area (Å²) in [6, 6.07) is 7.51. The minimum Gasteiger partial charge on any atom is -0.289 e. The lowest BCUT2D eigenvalue weighted by Crippen LogP contribution is -2.27. The summed E-state index contributed by atoms with van der Waals surface area (Å²) in [5, 5.41) is 5.65. The number of aromatic nitrogens is 2. The molecular weight excluding hydrogens is 409 g/mol. The lowest BCUT2D eigenvalue weighted by Gasteiger charge is -2.10. The van der Waals surface area contributed by atoms with Crippen LogP contribution >= 0.6 is 47.2 Å². The molecule has 0 radical (unpaired) electrons. The molecule has 8 heteroatoms. The summed E-state index contributed by atoms with van der Waals surface area (Å²) in [6.45, 7) is 6.43. The van der Waals surface area contributed by atoms with E-state index in [-0.39, 0.29) is 5.91 Å². The number of hydrogen-bond acceptors (Lipinski definition) is 4. The molecule has 0 bridgehead atoms. The van der Waals surface area contributed by atoms with Gasteiger partial charge in [0.1, 0.15) is 9.47 Å². The Hall–Kier alpha value is -1.60. The van der Waals surface area contributed by atoms with E-state index in [4.69, 9.17) is 35.4 Å². The smallest absolute Gasteiger partial charge is 0.266 e. The van der Waals surface area contributed by atoms with Gasteiger partial charge in [-0.05, 0) is 30.7 Å². The fourth-order valence-corrected chi connectivity index (χ4v) is 4.19. The number of hydrogen-bond donors (Lipinski definition) is 0. The van der Waals surface area contributed by atoms with Crippen molar-refractivity contribution in [2.45, 2.75) is 13.5 Å². The zero-order valence-corrected chi connectivity index (χ0v) is 17.1. The largest absolute Gasteiger partial charge is 0.289 e. The molecule has 0 atom stereocenters. The van der Waals surface area contributed by atoms with Crippen molar-refractivity contribution in [3.8, 4) is 0 Å². The van der Waals surface area contributed by atoms with Gasteiger partial charge in [0.15, 0.2) is 0 Å². The minimum atomic E-state index is -0.138. The first kappa shape index (κ1) is 19.2. The number of aryl methyl sites for hydroxylation is 1. The monoisotopic (exact) mass is 423 g/mol. The zero-order chi connectivity index (χ0) is 18.8. The van der Waals surface area contributed by atoms with Crippen molar-refractivity contribution in [2.24, 2.45) is 0 Å². The molecule has 1 fully saturated rings. The summed E-state index contributed by atoms with van der Waals surface area (Å²) in [5.74, 6) is -0.138. The zero-order valence-electron chi connectivity index (χ0n) is 13.9. The topological polar surface area (TPSA) is 38.1 Å². The fraction of sp³-hybridized carbons (Fsp3) is 0.167. The highest BCUT2D eigenvalue weighted by atomic mass is 35.5. The second-order valence-corrected chi connectivity index (χ2v) is 8.13. The molecule has 1 aliphatic heterocycles. The third-order valence-electron chi connectivity index (χ3n) is 3.82. The molecule has 0 N–H and O–H groups in total. The first-order valence-electron chi connectivity index (χ1n) is 7.74. The summed E-state index contributed by atoms with van der Waals surface area (Å²) in [4.78, 5) is 14.5. The van der Waals surface area contributed by atoms with Crippen molar-refractivity contribution in [2.75, 3.05) is 6.54 Å². The molecule has 0 unspecified atom stereocenters. The van der Waals surface area contributed by atoms with Crippen molar-refractivity contribution >= 4 is 63.5 Å². The molecule has 0 aliphatic carbocycles. The molecule has 0 saturated carbocycles. The van der Waals surface area contributed by atoms with E-state index in [1.54, 1.807) is 16.8 Å². The Morgan fingerprint density at radius 3 is 2.65 bits per heavy atom. The molecule has 0 spiro atoms. The predicted octanol–water partition coefficient (Wildman–Crippen LogP) is 4.93. The average Bonchev–Trinajstić information content (AvgIpc) is 3.02. The number of carbonyl (C=O) groups is 1. The number of halogens is 2. The van der Waals surface area contributed by atoms with Crippen LogP contribution < -0.4 is 0 Å². The highest BCUT2D eigenvalue weighted by Crippen LogP contribution is 2.34. The summed E-state index contributed by atoms with van der Waals surface area (Å²) >= 11 is 19.0. The first-order chi connectivity index (χ1) is 12.4. The van der Waals surface area contributed by atoms with Gasteiger partial charge in [-0.15, -0.1) is 6.58 Å². The second kappa shape index (κ2) is 7.96. The minimum absolute atomic E-state index is 0.138. The Balaban J connectivity index is 1.89. The van der Waals surface area contributed by atoms with Gasteiger partial charge in [-0.25, -0.2) is 4.68 Å². The molecule has 2 heterocycles. The van der Waals surface area contributed by atoms with E-state index < -0.39 is 0 Å². The first-order valence-corrected chi connectivity index (χ1v) is 9.72. The van der Waals surface area contributed by atoms with Crippen molar-refractivity contribution in [1.29, 1.82) is 0 Å². The average molecular weight is 424 g/mol. The Morgan fingerprint density at radius 2 is 2.00 bits per heavy atom. The van der Waals surface area contributed by atoms with Crippen LogP contribution in [0.1, 0.15) is 16.8 Å². The van der Waals surface area contributed by atoms with E-state index in [9.17, 15) is 4.79 Å². The molecule has 3 rings (SSSR count). The van der Waals surface area contributed by atoms with Crippen LogP contribution in [-0.4, -0.2) is 31.5 Å². The van der Waals surface area contributed by atoms with Gasteiger partial charge in [0, 0.05) is 17.1 Å². The number of carbonyl (C=O) groups excluding carboxylic acids is 1. The maximum absolute atomic E-state index is 12.5. The van der Waals surface area contributed by atoms with Crippen LogP contribution in [0, 0.1) is 6.92 Å². The number of amides is 1. The van der Waals surface area contributed by atoms with Crippen LogP contribution in [0.4, 0.5) is 0 Å². The van der Waals surface area contributed by atoms with E-state index in [0.29, 0.717) is 32.5 Å². The highest BCUT2D eigenvalue weighted by Gasteiger charge is 2.31. The van der Waals surface area contributed by atoms with Gasteiger partial charge >= 0.3 is 0 Å². The van der Waals surface area contributed by atoms with Gasteiger partial charge in [-0.2, -0.15) is 5.10 Å². The van der Waals surface area contributed by atoms with E-state index in [1.165, 1.54) is 16.7 Å². The van der Waals surface area contributed by atoms with Crippen molar-refractivity contribution in [1.82, 2.24) is 14.7 Å². The molecule has 26 heavy (non-hydrogen) atoms. The normalized spacial score (nSPS) is 16.0. The molecule has 1 aliphatic rings. The highest BCUT2D eigenvalue weighted by molar-refractivity contribution is 8.26. The summed E-state index contributed by atoms with van der Waals surface area (Å²) in [7, 11) is 0. The van der Waals surface area contributed by atoms with Crippen molar-refractivity contribution < 1.29 is 4.79 Å². The number of rotatable bonds is 5. The number of thiocarbonyl (C=S) groups is 1. The lowest BCUT2D eigenvalue weighted by molar-refractivity contribution is -0.121. The summed E-state index contributed by atoms with van der Waals surface area (Å²) in [6.07, 6.45) is 3.40. The van der Waals surface area contributed by atoms with Gasteiger partial charge in [0.2, 0.25) is 0 Å². The second-order valence-electron chi connectivity index (χ2n) is 5.66. The molecule has 2 aromatic rings. The van der Waals surface area contributed by atoms with Crippen LogP contribution in [-0.2, 0) is 11.3 Å². The van der Waals surface area contributed by atoms with Crippen molar-refractivity contribution in [3.63, 3.8) is 0 Å². The maximum atomic E-state index is 12.5. The number of thioether (sulfide) groups is 1. The number of nitrogens with zero attached hydrogens (tertiary/aromatic N) is 3. The molecule has 1 amide bonds. The quantitative estimate of drug-likeness (QED) is 0.388.